The molecule has 1 aromatic rings. The van der Waals surface area contributed by atoms with Crippen LogP contribution in [0.25, 0.3) is 6.08 Å². The fourth-order valence-corrected chi connectivity index (χ4v) is 3.05. The molecule has 0 spiro atoms. The number of hydrazine groups is 1. The monoisotopic (exact) mass is 309 g/mol. The van der Waals surface area contributed by atoms with Crippen molar-refractivity contribution in [2.45, 2.75) is 0 Å². The Labute approximate surface area is 125 Å². The van der Waals surface area contributed by atoms with Crippen LogP contribution in [0.5, 0.6) is 0 Å². The third-order valence-electron chi connectivity index (χ3n) is 2.58. The summed E-state index contributed by atoms with van der Waals surface area (Å²) in [6, 6.07) is 6.00. The lowest BCUT2D eigenvalue weighted by molar-refractivity contribution is -0.384. The molecular formula is C12H11N3O3S2. The Hall–Kier alpha value is -1.77. The molecule has 0 aromatic heterocycles. The van der Waals surface area contributed by atoms with Gasteiger partial charge in [-0.25, -0.2) is 10.0 Å². The van der Waals surface area contributed by atoms with Crippen molar-refractivity contribution in [3.63, 3.8) is 0 Å². The summed E-state index contributed by atoms with van der Waals surface area (Å²) in [5.41, 5.74) is 0.734. The number of amides is 1. The first-order chi connectivity index (χ1) is 9.40. The van der Waals surface area contributed by atoms with Crippen LogP contribution < -0.4 is 0 Å². The molecule has 0 aliphatic carbocycles. The Morgan fingerprint density at radius 3 is 2.40 bits per heavy atom. The Morgan fingerprint density at radius 2 is 1.95 bits per heavy atom. The molecule has 0 radical (unpaired) electrons. The highest BCUT2D eigenvalue weighted by Gasteiger charge is 2.33. The number of carbonyl (C=O) groups excluding carboxylic acids is 1. The number of non-ortho nitro benzene ring substituents is 1. The molecule has 1 amide bonds. The summed E-state index contributed by atoms with van der Waals surface area (Å²) in [6.07, 6.45) is 1.67. The zero-order valence-electron chi connectivity index (χ0n) is 10.8. The number of hydrogen-bond acceptors (Lipinski definition) is 6. The maximum Gasteiger partial charge on any atom is 0.280 e. The molecule has 6 nitrogen and oxygen atoms in total. The lowest BCUT2D eigenvalue weighted by Gasteiger charge is -2.21. The molecule has 1 aromatic carbocycles. The van der Waals surface area contributed by atoms with Crippen LogP contribution in [-0.4, -0.2) is 39.3 Å². The minimum atomic E-state index is -0.463. The largest absolute Gasteiger partial charge is 0.280 e. The highest BCUT2D eigenvalue weighted by Crippen LogP contribution is 2.33. The standard InChI is InChI=1S/C12H11N3O3S2/c1-13(2)14-11(16)10(20-12(14)19)7-8-3-5-9(6-4-8)15(17)18/h3-7H,1-2H3/b10-7+. The third kappa shape index (κ3) is 2.87. The highest BCUT2D eigenvalue weighted by molar-refractivity contribution is 8.26. The van der Waals surface area contributed by atoms with Gasteiger partial charge < -0.3 is 0 Å². The minimum absolute atomic E-state index is 0.0167. The van der Waals surface area contributed by atoms with E-state index in [1.165, 1.54) is 28.9 Å². The predicted octanol–water partition coefficient (Wildman–Crippen LogP) is 2.27. The van der Waals surface area contributed by atoms with Gasteiger partial charge in [-0.05, 0) is 23.8 Å². The number of nitro groups is 1. The summed E-state index contributed by atoms with van der Waals surface area (Å²) in [6.45, 7) is 0. The van der Waals surface area contributed by atoms with Gasteiger partial charge >= 0.3 is 0 Å². The van der Waals surface area contributed by atoms with Gasteiger partial charge in [0.2, 0.25) is 0 Å². The molecule has 2 rings (SSSR count). The van der Waals surface area contributed by atoms with Crippen molar-refractivity contribution < 1.29 is 9.72 Å². The Kier molecular flexibility index (Phi) is 4.17. The fourth-order valence-electron chi connectivity index (χ4n) is 1.65. The number of thiocarbonyl (C=S) groups is 1. The van der Waals surface area contributed by atoms with E-state index in [1.807, 2.05) is 0 Å². The van der Waals surface area contributed by atoms with E-state index in [0.29, 0.717) is 9.23 Å². The van der Waals surface area contributed by atoms with Crippen molar-refractivity contribution in [1.82, 2.24) is 10.0 Å². The maximum absolute atomic E-state index is 12.1. The van der Waals surface area contributed by atoms with E-state index >= 15 is 0 Å². The van der Waals surface area contributed by atoms with E-state index in [1.54, 1.807) is 37.3 Å². The van der Waals surface area contributed by atoms with Gasteiger partial charge in [-0.3, -0.25) is 14.9 Å². The lowest BCUT2D eigenvalue weighted by atomic mass is 10.2. The Bertz CT molecular complexity index is 611. The average Bonchev–Trinajstić information content (AvgIpc) is 2.65. The van der Waals surface area contributed by atoms with E-state index in [-0.39, 0.29) is 11.6 Å². The Balaban J connectivity index is 2.26. The molecule has 8 heteroatoms. The van der Waals surface area contributed by atoms with Crippen LogP contribution in [-0.2, 0) is 4.79 Å². The summed E-state index contributed by atoms with van der Waals surface area (Å²) in [5, 5.41) is 13.6. The fraction of sp³-hybridized carbons (Fsp3) is 0.167. The lowest BCUT2D eigenvalue weighted by Crippen LogP contribution is -2.39. The van der Waals surface area contributed by atoms with Crippen molar-refractivity contribution in [2.24, 2.45) is 0 Å². The van der Waals surface area contributed by atoms with E-state index < -0.39 is 4.92 Å². The molecule has 0 N–H and O–H groups in total. The number of hydrogen-bond donors (Lipinski definition) is 0. The van der Waals surface area contributed by atoms with Gasteiger partial charge in [-0.15, -0.1) is 0 Å². The second-order valence-electron chi connectivity index (χ2n) is 4.19. The van der Waals surface area contributed by atoms with E-state index in [2.05, 4.69) is 0 Å². The van der Waals surface area contributed by atoms with Crippen LogP contribution in [0.1, 0.15) is 5.56 Å². The van der Waals surface area contributed by atoms with Crippen LogP contribution in [0.15, 0.2) is 29.2 Å². The number of benzene rings is 1. The first-order valence-electron chi connectivity index (χ1n) is 5.60. The van der Waals surface area contributed by atoms with Crippen LogP contribution in [0.3, 0.4) is 0 Å². The topological polar surface area (TPSA) is 66.7 Å². The zero-order chi connectivity index (χ0) is 14.9. The smallest absolute Gasteiger partial charge is 0.267 e. The van der Waals surface area contributed by atoms with Crippen molar-refractivity contribution in [3.8, 4) is 0 Å². The molecule has 0 bridgehead atoms. The molecule has 0 saturated carbocycles. The van der Waals surface area contributed by atoms with E-state index in [0.717, 1.165) is 5.56 Å². The quantitative estimate of drug-likeness (QED) is 0.369. The van der Waals surface area contributed by atoms with Gasteiger partial charge in [0.15, 0.2) is 4.32 Å². The molecule has 104 valence electrons. The van der Waals surface area contributed by atoms with Crippen LogP contribution in [0, 0.1) is 10.1 Å². The van der Waals surface area contributed by atoms with Crippen molar-refractivity contribution in [2.75, 3.05) is 14.1 Å². The number of nitrogens with zero attached hydrogens (tertiary/aromatic N) is 3. The summed E-state index contributed by atoms with van der Waals surface area (Å²) >= 11 is 6.35. The normalized spacial score (nSPS) is 17.4. The molecule has 1 aliphatic heterocycles. The summed E-state index contributed by atoms with van der Waals surface area (Å²) < 4.78 is 0.466. The molecule has 1 heterocycles. The molecule has 0 atom stereocenters. The van der Waals surface area contributed by atoms with Crippen molar-refractivity contribution in [1.29, 1.82) is 0 Å². The Morgan fingerprint density at radius 1 is 1.35 bits per heavy atom. The number of thioether (sulfide) groups is 1. The maximum atomic E-state index is 12.1. The van der Waals surface area contributed by atoms with Crippen LogP contribution >= 0.6 is 24.0 Å². The first-order valence-corrected chi connectivity index (χ1v) is 6.82. The summed E-state index contributed by atoms with van der Waals surface area (Å²) in [7, 11) is 3.47. The average molecular weight is 309 g/mol. The van der Waals surface area contributed by atoms with Gasteiger partial charge in [0, 0.05) is 26.2 Å². The van der Waals surface area contributed by atoms with Crippen LogP contribution in [0.2, 0.25) is 0 Å². The summed E-state index contributed by atoms with van der Waals surface area (Å²) in [4.78, 5) is 22.7. The number of nitro benzene ring substituents is 1. The van der Waals surface area contributed by atoms with Crippen LogP contribution in [0.4, 0.5) is 5.69 Å². The second kappa shape index (κ2) is 5.70. The molecule has 1 saturated heterocycles. The van der Waals surface area contributed by atoms with E-state index in [9.17, 15) is 14.9 Å². The van der Waals surface area contributed by atoms with Gasteiger partial charge in [-0.2, -0.15) is 0 Å². The van der Waals surface area contributed by atoms with Crippen molar-refractivity contribution >= 4 is 46.0 Å². The van der Waals surface area contributed by atoms with Gasteiger partial charge in [0.25, 0.3) is 11.6 Å². The SMILES string of the molecule is CN(C)N1C(=O)/C(=C\c2ccc([N+](=O)[O-])cc2)SC1=S. The van der Waals surface area contributed by atoms with E-state index in [4.69, 9.17) is 12.2 Å². The third-order valence-corrected chi connectivity index (χ3v) is 3.86. The van der Waals surface area contributed by atoms with Crippen molar-refractivity contribution in [3.05, 3.63) is 44.8 Å². The molecular weight excluding hydrogens is 298 g/mol. The van der Waals surface area contributed by atoms with Gasteiger partial charge in [-0.1, -0.05) is 24.0 Å². The van der Waals surface area contributed by atoms with Gasteiger partial charge in [0.05, 0.1) is 9.83 Å². The minimum Gasteiger partial charge on any atom is -0.267 e. The highest BCUT2D eigenvalue weighted by atomic mass is 32.2. The molecule has 20 heavy (non-hydrogen) atoms. The number of carbonyl (C=O) groups is 1. The number of rotatable bonds is 3. The zero-order valence-corrected chi connectivity index (χ0v) is 12.4. The molecule has 1 fully saturated rings. The molecule has 0 unspecified atom stereocenters. The van der Waals surface area contributed by atoms with Gasteiger partial charge in [0.1, 0.15) is 0 Å². The second-order valence-corrected chi connectivity index (χ2v) is 5.87. The molecule has 1 aliphatic rings. The first kappa shape index (κ1) is 14.6. The predicted molar refractivity (Wildman–Crippen MR) is 81.8 cm³/mol. The summed E-state index contributed by atoms with van der Waals surface area (Å²) in [5.74, 6) is -0.191.